The summed E-state index contributed by atoms with van der Waals surface area (Å²) in [5, 5.41) is 10.6. The van der Waals surface area contributed by atoms with Crippen LogP contribution in [0.5, 0.6) is 23.5 Å². The number of carboxylic acid groups (broad SMARTS) is 1. The second kappa shape index (κ2) is 8.33. The van der Waals surface area contributed by atoms with Crippen LogP contribution in [0.15, 0.2) is 42.5 Å². The highest BCUT2D eigenvalue weighted by Gasteiger charge is 2.20. The van der Waals surface area contributed by atoms with Crippen molar-refractivity contribution >= 4 is 29.2 Å². The molecule has 2 aromatic carbocycles. The summed E-state index contributed by atoms with van der Waals surface area (Å²) in [6.07, 6.45) is 0. The fraction of sp³-hybridized carbons (Fsp3) is 0.105. The maximum absolute atomic E-state index is 12.0. The van der Waals surface area contributed by atoms with Crippen LogP contribution in [0, 0.1) is 0 Å². The Morgan fingerprint density at radius 2 is 1.57 bits per heavy atom. The highest BCUT2D eigenvalue weighted by molar-refractivity contribution is 6.35. The molecule has 0 radical (unpaired) electrons. The monoisotopic (exact) mass is 420 g/mol. The number of carboxylic acids is 1. The van der Waals surface area contributed by atoms with Crippen molar-refractivity contribution in [2.75, 3.05) is 14.2 Å². The average Bonchev–Trinajstić information content (AvgIpc) is 2.66. The molecule has 0 saturated carbocycles. The number of ether oxygens (including phenoxy) is 3. The molecule has 0 saturated heterocycles. The Bertz CT molecular complexity index is 1000. The largest absolute Gasteiger partial charge is 0.481 e. The molecule has 28 heavy (non-hydrogen) atoms. The highest BCUT2D eigenvalue weighted by Crippen LogP contribution is 2.35. The summed E-state index contributed by atoms with van der Waals surface area (Å²) >= 11 is 12.1. The highest BCUT2D eigenvalue weighted by atomic mass is 35.5. The van der Waals surface area contributed by atoms with E-state index in [4.69, 9.17) is 37.4 Å². The molecule has 0 spiro atoms. The lowest BCUT2D eigenvalue weighted by Gasteiger charge is -2.13. The van der Waals surface area contributed by atoms with Gasteiger partial charge in [0.15, 0.2) is 0 Å². The molecule has 0 aliphatic rings. The molecule has 9 heteroatoms. The summed E-state index contributed by atoms with van der Waals surface area (Å²) in [5.41, 5.74) is 0.819. The van der Waals surface area contributed by atoms with Crippen molar-refractivity contribution < 1.29 is 24.1 Å². The zero-order valence-electron chi connectivity index (χ0n) is 14.8. The van der Waals surface area contributed by atoms with Gasteiger partial charge in [0, 0.05) is 15.6 Å². The van der Waals surface area contributed by atoms with Crippen molar-refractivity contribution in [1.29, 1.82) is 0 Å². The fourth-order valence-corrected chi connectivity index (χ4v) is 3.05. The van der Waals surface area contributed by atoms with Crippen LogP contribution in [0.1, 0.15) is 10.4 Å². The lowest BCUT2D eigenvalue weighted by Crippen LogP contribution is -2.05. The lowest BCUT2D eigenvalue weighted by molar-refractivity contribution is 0.0695. The number of carbonyl (C=O) groups is 1. The van der Waals surface area contributed by atoms with Crippen LogP contribution in [-0.4, -0.2) is 35.3 Å². The van der Waals surface area contributed by atoms with E-state index >= 15 is 0 Å². The second-order valence-corrected chi connectivity index (χ2v) is 6.35. The summed E-state index contributed by atoms with van der Waals surface area (Å²) in [6.45, 7) is 0. The lowest BCUT2D eigenvalue weighted by atomic mass is 9.99. The first-order valence-electron chi connectivity index (χ1n) is 7.89. The van der Waals surface area contributed by atoms with Crippen molar-refractivity contribution in [1.82, 2.24) is 9.97 Å². The molecule has 1 heterocycles. The molecule has 144 valence electrons. The Labute approximate surface area is 170 Å². The van der Waals surface area contributed by atoms with Crippen molar-refractivity contribution in [2.45, 2.75) is 0 Å². The Hall–Kier alpha value is -3.03. The maximum atomic E-state index is 12.0. The maximum Gasteiger partial charge on any atom is 0.340 e. The van der Waals surface area contributed by atoms with Gasteiger partial charge in [0.25, 0.3) is 0 Å². The third kappa shape index (κ3) is 4.27. The molecule has 3 aromatic rings. The SMILES string of the molecule is COc1cc(OC)nc(Oc2cccc(-c3cc(Cl)cc(Cl)c3)c2C(=O)O)n1. The van der Waals surface area contributed by atoms with Gasteiger partial charge in [-0.25, -0.2) is 4.79 Å². The predicted molar refractivity (Wildman–Crippen MR) is 104 cm³/mol. The van der Waals surface area contributed by atoms with Gasteiger partial charge >= 0.3 is 12.0 Å². The number of nitrogens with zero attached hydrogens (tertiary/aromatic N) is 2. The van der Waals surface area contributed by atoms with Crippen LogP contribution in [-0.2, 0) is 0 Å². The predicted octanol–water partition coefficient (Wildman–Crippen LogP) is 4.96. The van der Waals surface area contributed by atoms with Gasteiger partial charge < -0.3 is 19.3 Å². The number of aromatic carboxylic acids is 1. The van der Waals surface area contributed by atoms with Gasteiger partial charge in [-0.3, -0.25) is 0 Å². The normalized spacial score (nSPS) is 10.4. The van der Waals surface area contributed by atoms with Gasteiger partial charge in [-0.2, -0.15) is 9.97 Å². The summed E-state index contributed by atoms with van der Waals surface area (Å²) in [5.74, 6) is -0.749. The van der Waals surface area contributed by atoms with Crippen molar-refractivity contribution in [3.63, 3.8) is 0 Å². The molecule has 1 aromatic heterocycles. The van der Waals surface area contributed by atoms with E-state index in [2.05, 4.69) is 9.97 Å². The quantitative estimate of drug-likeness (QED) is 0.602. The molecule has 0 bridgehead atoms. The van der Waals surface area contributed by atoms with E-state index < -0.39 is 5.97 Å². The molecule has 7 nitrogen and oxygen atoms in total. The van der Waals surface area contributed by atoms with Gasteiger partial charge in [-0.05, 0) is 29.8 Å². The molecule has 0 atom stereocenters. The number of benzene rings is 2. The molecule has 0 amide bonds. The minimum atomic E-state index is -1.20. The minimum absolute atomic E-state index is 0.0383. The van der Waals surface area contributed by atoms with Gasteiger partial charge in [-0.1, -0.05) is 35.3 Å². The molecule has 1 N–H and O–H groups in total. The summed E-state index contributed by atoms with van der Waals surface area (Å²) in [6, 6.07) is 10.9. The number of aromatic nitrogens is 2. The van der Waals surface area contributed by atoms with Gasteiger partial charge in [0.1, 0.15) is 11.3 Å². The first-order chi connectivity index (χ1) is 13.4. The number of hydrogen-bond donors (Lipinski definition) is 1. The van der Waals surface area contributed by atoms with Crippen LogP contribution in [0.2, 0.25) is 10.0 Å². The summed E-state index contributed by atoms with van der Waals surface area (Å²) in [7, 11) is 2.86. The van der Waals surface area contributed by atoms with Crippen LogP contribution >= 0.6 is 23.2 Å². The standard InChI is InChI=1S/C19H14Cl2N2O5/c1-26-15-9-16(27-2)23-19(22-15)28-14-5-3-4-13(17(14)18(24)25)10-6-11(20)8-12(21)7-10/h3-9H,1-2H3,(H,24,25). The van der Waals surface area contributed by atoms with Crippen LogP contribution in [0.25, 0.3) is 11.1 Å². The Morgan fingerprint density at radius 1 is 0.964 bits per heavy atom. The van der Waals surface area contributed by atoms with Crippen LogP contribution < -0.4 is 14.2 Å². The third-order valence-corrected chi connectivity index (χ3v) is 4.13. The van der Waals surface area contributed by atoms with E-state index in [9.17, 15) is 9.90 Å². The fourth-order valence-electron chi connectivity index (χ4n) is 2.52. The smallest absolute Gasteiger partial charge is 0.340 e. The molecular weight excluding hydrogens is 407 g/mol. The van der Waals surface area contributed by atoms with E-state index in [1.807, 2.05) is 0 Å². The van der Waals surface area contributed by atoms with Crippen LogP contribution in [0.3, 0.4) is 0 Å². The van der Waals surface area contributed by atoms with Gasteiger partial charge in [0.05, 0.1) is 20.3 Å². The van der Waals surface area contributed by atoms with Crippen molar-refractivity contribution in [3.05, 3.63) is 58.1 Å². The minimum Gasteiger partial charge on any atom is -0.481 e. The molecule has 0 fully saturated rings. The van der Waals surface area contributed by atoms with E-state index in [1.165, 1.54) is 26.4 Å². The van der Waals surface area contributed by atoms with Crippen molar-refractivity contribution in [3.8, 4) is 34.6 Å². The first kappa shape index (κ1) is 19.7. The number of halogens is 2. The van der Waals surface area contributed by atoms with E-state index in [0.29, 0.717) is 21.2 Å². The molecule has 0 aliphatic heterocycles. The Kier molecular flexibility index (Phi) is 5.87. The van der Waals surface area contributed by atoms with E-state index in [1.54, 1.807) is 30.3 Å². The van der Waals surface area contributed by atoms with Gasteiger partial charge in [-0.15, -0.1) is 0 Å². The van der Waals surface area contributed by atoms with Crippen LogP contribution in [0.4, 0.5) is 0 Å². The Balaban J connectivity index is 2.11. The van der Waals surface area contributed by atoms with E-state index in [0.717, 1.165) is 0 Å². The van der Waals surface area contributed by atoms with Crippen molar-refractivity contribution in [2.24, 2.45) is 0 Å². The first-order valence-corrected chi connectivity index (χ1v) is 8.64. The molecule has 0 aliphatic carbocycles. The Morgan fingerprint density at radius 3 is 2.11 bits per heavy atom. The number of hydrogen-bond acceptors (Lipinski definition) is 6. The summed E-state index contributed by atoms with van der Waals surface area (Å²) in [4.78, 5) is 20.1. The zero-order chi connectivity index (χ0) is 20.3. The average molecular weight is 421 g/mol. The number of methoxy groups -OCH3 is 2. The summed E-state index contributed by atoms with van der Waals surface area (Å²) < 4.78 is 15.8. The molecule has 3 rings (SSSR count). The van der Waals surface area contributed by atoms with E-state index in [-0.39, 0.29) is 29.1 Å². The van der Waals surface area contributed by atoms with Gasteiger partial charge in [0.2, 0.25) is 11.8 Å². The topological polar surface area (TPSA) is 90.8 Å². The third-order valence-electron chi connectivity index (χ3n) is 3.69. The number of rotatable bonds is 6. The molecule has 0 unspecified atom stereocenters. The molecular formula is C19H14Cl2N2O5. The second-order valence-electron chi connectivity index (χ2n) is 5.48. The zero-order valence-corrected chi connectivity index (χ0v) is 16.3.